The van der Waals surface area contributed by atoms with E-state index in [1.165, 1.54) is 31.3 Å². The summed E-state index contributed by atoms with van der Waals surface area (Å²) in [7, 11) is 0. The van der Waals surface area contributed by atoms with E-state index in [9.17, 15) is 0 Å². The summed E-state index contributed by atoms with van der Waals surface area (Å²) in [5, 5.41) is 4.08. The van der Waals surface area contributed by atoms with Crippen LogP contribution in [0.4, 0.5) is 0 Å². The molecule has 2 aliphatic rings. The Bertz CT molecular complexity index is 153. The van der Waals surface area contributed by atoms with Gasteiger partial charge in [-0.3, -0.25) is 5.32 Å². The van der Waals surface area contributed by atoms with Gasteiger partial charge in [-0.2, -0.15) is 0 Å². The molecule has 1 radical (unpaired) electrons. The van der Waals surface area contributed by atoms with Gasteiger partial charge in [-0.05, 0) is 24.8 Å². The Balaban J connectivity index is 2.08. The van der Waals surface area contributed by atoms with E-state index in [0.717, 1.165) is 0 Å². The molecule has 2 heteroatoms. The number of ether oxygens (including phenoxy) is 1. The van der Waals surface area contributed by atoms with Gasteiger partial charge in [0, 0.05) is 6.20 Å². The summed E-state index contributed by atoms with van der Waals surface area (Å²) in [6.45, 7) is 0.578. The summed E-state index contributed by atoms with van der Waals surface area (Å²) in [6.07, 6.45) is 7.48. The SMILES string of the molecule is C1=C2CCCCC2OC[N]1. The lowest BCUT2D eigenvalue weighted by molar-refractivity contribution is 0.0399. The molecule has 1 fully saturated rings. The van der Waals surface area contributed by atoms with Crippen molar-refractivity contribution in [3.8, 4) is 0 Å². The smallest absolute Gasteiger partial charge is 0.138 e. The molecule has 1 heterocycles. The first kappa shape index (κ1) is 6.23. The van der Waals surface area contributed by atoms with Gasteiger partial charge in [-0.15, -0.1) is 0 Å². The van der Waals surface area contributed by atoms with E-state index in [4.69, 9.17) is 4.74 Å². The average Bonchev–Trinajstić information content (AvgIpc) is 2.05. The molecule has 0 aromatic rings. The Kier molecular flexibility index (Phi) is 1.63. The second-order valence-electron chi connectivity index (χ2n) is 2.92. The van der Waals surface area contributed by atoms with Gasteiger partial charge < -0.3 is 4.74 Å². The second-order valence-corrected chi connectivity index (χ2v) is 2.92. The number of nitrogens with zero attached hydrogens (tertiary/aromatic N) is 1. The molecule has 0 aromatic heterocycles. The Labute approximate surface area is 61.3 Å². The summed E-state index contributed by atoms with van der Waals surface area (Å²) < 4.78 is 5.45. The zero-order valence-corrected chi connectivity index (χ0v) is 6.05. The Morgan fingerprint density at radius 3 is 3.40 bits per heavy atom. The molecule has 1 aliphatic carbocycles. The maximum absolute atomic E-state index is 5.45. The molecule has 55 valence electrons. The van der Waals surface area contributed by atoms with Crippen LogP contribution in [0.5, 0.6) is 0 Å². The number of rotatable bonds is 0. The Morgan fingerprint density at radius 1 is 1.50 bits per heavy atom. The van der Waals surface area contributed by atoms with E-state index in [1.807, 2.05) is 6.20 Å². The van der Waals surface area contributed by atoms with Gasteiger partial charge in [0.1, 0.15) is 6.73 Å². The molecule has 1 aliphatic heterocycles. The Hall–Kier alpha value is -0.500. The summed E-state index contributed by atoms with van der Waals surface area (Å²) in [5.41, 5.74) is 1.41. The minimum Gasteiger partial charge on any atom is -0.352 e. The van der Waals surface area contributed by atoms with Gasteiger partial charge in [-0.25, -0.2) is 0 Å². The maximum atomic E-state index is 5.45. The third-order valence-electron chi connectivity index (χ3n) is 2.20. The van der Waals surface area contributed by atoms with Crippen molar-refractivity contribution in [3.63, 3.8) is 0 Å². The van der Waals surface area contributed by atoms with Crippen molar-refractivity contribution in [1.29, 1.82) is 0 Å². The van der Waals surface area contributed by atoms with E-state index in [0.29, 0.717) is 12.8 Å². The molecule has 1 unspecified atom stereocenters. The van der Waals surface area contributed by atoms with Crippen LogP contribution in [0.25, 0.3) is 0 Å². The van der Waals surface area contributed by atoms with E-state index in [1.54, 1.807) is 0 Å². The second kappa shape index (κ2) is 2.62. The normalized spacial score (nSPS) is 32.0. The van der Waals surface area contributed by atoms with Crippen LogP contribution in [0.1, 0.15) is 25.7 Å². The lowest BCUT2D eigenvalue weighted by Crippen LogP contribution is -2.27. The van der Waals surface area contributed by atoms with Crippen LogP contribution in [0.15, 0.2) is 11.8 Å². The highest BCUT2D eigenvalue weighted by atomic mass is 16.5. The maximum Gasteiger partial charge on any atom is 0.138 e. The minimum absolute atomic E-state index is 0.422. The molecule has 0 amide bonds. The van der Waals surface area contributed by atoms with Crippen LogP contribution < -0.4 is 5.32 Å². The molecule has 1 saturated carbocycles. The standard InChI is InChI=1S/C8H12NO/c1-2-4-8-7(3-1)5-9-6-10-8/h5,8H,1-4,6H2. The predicted octanol–water partition coefficient (Wildman–Crippen LogP) is 1.41. The summed E-state index contributed by atoms with van der Waals surface area (Å²) in [4.78, 5) is 0. The van der Waals surface area contributed by atoms with E-state index in [-0.39, 0.29) is 0 Å². The molecule has 0 spiro atoms. The van der Waals surface area contributed by atoms with Crippen LogP contribution in [0.2, 0.25) is 0 Å². The largest absolute Gasteiger partial charge is 0.352 e. The van der Waals surface area contributed by atoms with E-state index < -0.39 is 0 Å². The zero-order valence-electron chi connectivity index (χ0n) is 6.05. The molecular weight excluding hydrogens is 126 g/mol. The molecule has 10 heavy (non-hydrogen) atoms. The first-order valence-electron chi connectivity index (χ1n) is 3.94. The molecule has 0 N–H and O–H groups in total. The fraction of sp³-hybridized carbons (Fsp3) is 0.750. The lowest BCUT2D eigenvalue weighted by atomic mass is 9.92. The highest BCUT2D eigenvalue weighted by Crippen LogP contribution is 2.27. The van der Waals surface area contributed by atoms with Crippen LogP contribution in [0.3, 0.4) is 0 Å². The average molecular weight is 138 g/mol. The summed E-state index contributed by atoms with van der Waals surface area (Å²) in [5.74, 6) is 0. The zero-order chi connectivity index (χ0) is 6.81. The molecule has 0 saturated heterocycles. The quantitative estimate of drug-likeness (QED) is 0.496. The van der Waals surface area contributed by atoms with Crippen LogP contribution >= 0.6 is 0 Å². The topological polar surface area (TPSA) is 23.3 Å². The minimum atomic E-state index is 0.422. The molecule has 2 nitrogen and oxygen atoms in total. The van der Waals surface area contributed by atoms with E-state index in [2.05, 4.69) is 5.32 Å². The third kappa shape index (κ3) is 1.03. The summed E-state index contributed by atoms with van der Waals surface area (Å²) >= 11 is 0. The van der Waals surface area contributed by atoms with Crippen molar-refractivity contribution < 1.29 is 4.74 Å². The van der Waals surface area contributed by atoms with Gasteiger partial charge >= 0.3 is 0 Å². The molecule has 0 aromatic carbocycles. The van der Waals surface area contributed by atoms with Crippen molar-refractivity contribution in [2.45, 2.75) is 31.8 Å². The Morgan fingerprint density at radius 2 is 2.50 bits per heavy atom. The highest BCUT2D eigenvalue weighted by Gasteiger charge is 2.21. The molecule has 2 rings (SSSR count). The molecular formula is C8H12NO. The number of hydrogen-bond acceptors (Lipinski definition) is 1. The van der Waals surface area contributed by atoms with Crippen molar-refractivity contribution in [2.24, 2.45) is 0 Å². The first-order valence-corrected chi connectivity index (χ1v) is 3.94. The van der Waals surface area contributed by atoms with Crippen molar-refractivity contribution in [3.05, 3.63) is 11.8 Å². The molecule has 0 bridgehead atoms. The van der Waals surface area contributed by atoms with Crippen LogP contribution in [-0.4, -0.2) is 12.8 Å². The lowest BCUT2D eigenvalue weighted by Gasteiger charge is -2.28. The first-order chi connectivity index (χ1) is 4.97. The monoisotopic (exact) mass is 138 g/mol. The van der Waals surface area contributed by atoms with Crippen molar-refractivity contribution in [2.75, 3.05) is 6.73 Å². The third-order valence-corrected chi connectivity index (χ3v) is 2.20. The van der Waals surface area contributed by atoms with Gasteiger partial charge in [0.05, 0.1) is 6.10 Å². The van der Waals surface area contributed by atoms with Crippen molar-refractivity contribution >= 4 is 0 Å². The van der Waals surface area contributed by atoms with Crippen LogP contribution in [-0.2, 0) is 4.74 Å². The van der Waals surface area contributed by atoms with Gasteiger partial charge in [0.25, 0.3) is 0 Å². The summed E-state index contributed by atoms with van der Waals surface area (Å²) in [6, 6.07) is 0. The van der Waals surface area contributed by atoms with Crippen LogP contribution in [0, 0.1) is 0 Å². The van der Waals surface area contributed by atoms with Gasteiger partial charge in [-0.1, -0.05) is 6.42 Å². The fourth-order valence-electron chi connectivity index (χ4n) is 1.63. The number of hydrogen-bond donors (Lipinski definition) is 0. The van der Waals surface area contributed by atoms with E-state index >= 15 is 0 Å². The fourth-order valence-corrected chi connectivity index (χ4v) is 1.63. The van der Waals surface area contributed by atoms with Gasteiger partial charge in [0.15, 0.2) is 0 Å². The van der Waals surface area contributed by atoms with Gasteiger partial charge in [0.2, 0.25) is 0 Å². The highest BCUT2D eigenvalue weighted by molar-refractivity contribution is 5.11. The molecule has 1 atom stereocenters. The van der Waals surface area contributed by atoms with Crippen molar-refractivity contribution in [1.82, 2.24) is 5.32 Å². The number of fused-ring (bicyclic) bond motifs is 1. The predicted molar refractivity (Wildman–Crippen MR) is 38.4 cm³/mol.